The maximum atomic E-state index is 12.6. The Balaban J connectivity index is 0.00000220. The summed E-state index contributed by atoms with van der Waals surface area (Å²) < 4.78 is 0. The first-order chi connectivity index (χ1) is 9.37. The molecule has 120 valence electrons. The van der Waals surface area contributed by atoms with Gasteiger partial charge in [0, 0.05) is 16.8 Å². The highest BCUT2D eigenvalue weighted by molar-refractivity contribution is 7.10. The zero-order chi connectivity index (χ0) is 14.9. The molecule has 1 aliphatic carbocycles. The van der Waals surface area contributed by atoms with Gasteiger partial charge in [0.1, 0.15) is 0 Å². The Kier molecular flexibility index (Phi) is 6.26. The summed E-state index contributed by atoms with van der Waals surface area (Å²) in [5.74, 6) is 1.09. The normalized spacial score (nSPS) is 20.4. The molecule has 0 spiro atoms. The second-order valence-electron chi connectivity index (χ2n) is 6.63. The molecule has 0 aromatic carbocycles. The van der Waals surface area contributed by atoms with Crippen molar-refractivity contribution in [2.24, 2.45) is 17.6 Å². The number of nitrogens with one attached hydrogen (secondary N) is 1. The number of carbonyl (C=O) groups is 1. The number of nitrogens with two attached hydrogens (primary N) is 1. The van der Waals surface area contributed by atoms with Gasteiger partial charge >= 0.3 is 0 Å². The second-order valence-corrected chi connectivity index (χ2v) is 7.59. The molecule has 1 aliphatic rings. The molecule has 0 saturated heterocycles. The SMILES string of the molecule is CC1CCc2c(C(=O)NC(C)(CN)C(C)C)csc2C1.Cl. The van der Waals surface area contributed by atoms with E-state index in [0.29, 0.717) is 12.5 Å². The highest BCUT2D eigenvalue weighted by Gasteiger charge is 2.31. The summed E-state index contributed by atoms with van der Waals surface area (Å²) in [6.07, 6.45) is 3.33. The van der Waals surface area contributed by atoms with Gasteiger partial charge < -0.3 is 11.1 Å². The Bertz CT molecular complexity index is 500. The Morgan fingerprint density at radius 2 is 2.24 bits per heavy atom. The number of fused-ring (bicyclic) bond motifs is 1. The molecule has 2 rings (SSSR count). The van der Waals surface area contributed by atoms with Crippen molar-refractivity contribution in [1.29, 1.82) is 0 Å². The van der Waals surface area contributed by atoms with Crippen molar-refractivity contribution < 1.29 is 4.79 Å². The average Bonchev–Trinajstić information content (AvgIpc) is 2.81. The van der Waals surface area contributed by atoms with Crippen molar-refractivity contribution >= 4 is 29.7 Å². The largest absolute Gasteiger partial charge is 0.345 e. The van der Waals surface area contributed by atoms with E-state index < -0.39 is 0 Å². The first kappa shape index (κ1) is 18.5. The fourth-order valence-electron chi connectivity index (χ4n) is 2.63. The van der Waals surface area contributed by atoms with Crippen LogP contribution >= 0.6 is 23.7 Å². The van der Waals surface area contributed by atoms with Crippen LogP contribution in [0.3, 0.4) is 0 Å². The minimum Gasteiger partial charge on any atom is -0.345 e. The third-order valence-electron chi connectivity index (χ3n) is 4.74. The van der Waals surface area contributed by atoms with Crippen LogP contribution in [0.15, 0.2) is 5.38 Å². The van der Waals surface area contributed by atoms with E-state index in [1.54, 1.807) is 11.3 Å². The van der Waals surface area contributed by atoms with Gasteiger partial charge in [-0.15, -0.1) is 23.7 Å². The van der Waals surface area contributed by atoms with E-state index in [1.807, 2.05) is 12.3 Å². The van der Waals surface area contributed by atoms with Gasteiger partial charge in [0.15, 0.2) is 0 Å². The molecule has 21 heavy (non-hydrogen) atoms. The molecule has 0 aliphatic heterocycles. The number of carbonyl (C=O) groups excluding carboxylic acids is 1. The molecule has 0 fully saturated rings. The van der Waals surface area contributed by atoms with Crippen LogP contribution in [0, 0.1) is 11.8 Å². The van der Waals surface area contributed by atoms with Gasteiger partial charge in [-0.2, -0.15) is 0 Å². The quantitative estimate of drug-likeness (QED) is 0.889. The molecular weight excluding hydrogens is 304 g/mol. The fourth-order valence-corrected chi connectivity index (χ4v) is 3.87. The summed E-state index contributed by atoms with van der Waals surface area (Å²) in [6.45, 7) is 8.96. The van der Waals surface area contributed by atoms with Crippen molar-refractivity contribution in [2.75, 3.05) is 6.54 Å². The van der Waals surface area contributed by atoms with Crippen molar-refractivity contribution in [3.05, 3.63) is 21.4 Å². The molecular formula is C16H27ClN2OS. The predicted octanol–water partition coefficient (Wildman–Crippen LogP) is 3.40. The Morgan fingerprint density at radius 3 is 2.81 bits per heavy atom. The standard InChI is InChI=1S/C16H26N2OS.ClH/c1-10(2)16(4,9-17)18-15(19)13-8-20-14-7-11(3)5-6-12(13)14;/h8,10-11H,5-7,9,17H2,1-4H3,(H,18,19);1H. The third-order valence-corrected chi connectivity index (χ3v) is 5.79. The summed E-state index contributed by atoms with van der Waals surface area (Å²) in [6, 6.07) is 0. The fraction of sp³-hybridized carbons (Fsp3) is 0.688. The lowest BCUT2D eigenvalue weighted by molar-refractivity contribution is 0.0882. The highest BCUT2D eigenvalue weighted by Crippen LogP contribution is 2.33. The van der Waals surface area contributed by atoms with Crippen LogP contribution in [0.4, 0.5) is 0 Å². The predicted molar refractivity (Wildman–Crippen MR) is 92.5 cm³/mol. The lowest BCUT2D eigenvalue weighted by Crippen LogP contribution is -2.55. The minimum absolute atomic E-state index is 0. The van der Waals surface area contributed by atoms with Crippen LogP contribution < -0.4 is 11.1 Å². The number of thiophene rings is 1. The molecule has 1 aromatic rings. The molecule has 3 nitrogen and oxygen atoms in total. The van der Waals surface area contributed by atoms with Crippen molar-refractivity contribution in [2.45, 2.75) is 52.5 Å². The van der Waals surface area contributed by atoms with Crippen LogP contribution in [0.1, 0.15) is 54.9 Å². The number of hydrogen-bond donors (Lipinski definition) is 2. The first-order valence-corrected chi connectivity index (χ1v) is 8.37. The number of halogens is 1. The molecule has 0 saturated carbocycles. The van der Waals surface area contributed by atoms with Gasteiger partial charge in [-0.1, -0.05) is 20.8 Å². The minimum atomic E-state index is -0.339. The van der Waals surface area contributed by atoms with E-state index in [0.717, 1.165) is 24.3 Å². The molecule has 3 N–H and O–H groups in total. The molecule has 1 amide bonds. The topological polar surface area (TPSA) is 55.1 Å². The lowest BCUT2D eigenvalue weighted by Gasteiger charge is -2.33. The molecule has 0 radical (unpaired) electrons. The average molecular weight is 331 g/mol. The Hall–Kier alpha value is -0.580. The zero-order valence-corrected chi connectivity index (χ0v) is 15.0. The summed E-state index contributed by atoms with van der Waals surface area (Å²) in [4.78, 5) is 14.0. The smallest absolute Gasteiger partial charge is 0.252 e. The number of amides is 1. The number of hydrogen-bond acceptors (Lipinski definition) is 3. The molecule has 2 atom stereocenters. The van der Waals surface area contributed by atoms with Crippen LogP contribution in [-0.4, -0.2) is 18.0 Å². The Morgan fingerprint density at radius 1 is 1.57 bits per heavy atom. The molecule has 1 heterocycles. The van der Waals surface area contributed by atoms with E-state index >= 15 is 0 Å². The van der Waals surface area contributed by atoms with Crippen LogP contribution in [0.25, 0.3) is 0 Å². The lowest BCUT2D eigenvalue weighted by atomic mass is 9.86. The summed E-state index contributed by atoms with van der Waals surface area (Å²) in [7, 11) is 0. The summed E-state index contributed by atoms with van der Waals surface area (Å²) in [5.41, 5.74) is 7.66. The zero-order valence-electron chi connectivity index (χ0n) is 13.4. The van der Waals surface area contributed by atoms with Crippen molar-refractivity contribution in [3.63, 3.8) is 0 Å². The van der Waals surface area contributed by atoms with Crippen molar-refractivity contribution in [3.8, 4) is 0 Å². The Labute approximate surface area is 138 Å². The molecule has 0 bridgehead atoms. The van der Waals surface area contributed by atoms with E-state index in [2.05, 4.69) is 26.1 Å². The number of rotatable bonds is 4. The van der Waals surface area contributed by atoms with Crippen LogP contribution in [0.5, 0.6) is 0 Å². The van der Waals surface area contributed by atoms with Gasteiger partial charge in [-0.25, -0.2) is 0 Å². The van der Waals surface area contributed by atoms with Gasteiger partial charge in [0.25, 0.3) is 5.91 Å². The molecule has 2 unspecified atom stereocenters. The molecule has 5 heteroatoms. The summed E-state index contributed by atoms with van der Waals surface area (Å²) >= 11 is 1.73. The third kappa shape index (κ3) is 3.79. The van der Waals surface area contributed by atoms with Crippen molar-refractivity contribution in [1.82, 2.24) is 5.32 Å². The van der Waals surface area contributed by atoms with Gasteiger partial charge in [0.05, 0.1) is 11.1 Å². The highest BCUT2D eigenvalue weighted by atomic mass is 35.5. The first-order valence-electron chi connectivity index (χ1n) is 7.49. The van der Waals surface area contributed by atoms with E-state index in [4.69, 9.17) is 5.73 Å². The van der Waals surface area contributed by atoms with E-state index in [1.165, 1.54) is 16.9 Å². The maximum Gasteiger partial charge on any atom is 0.252 e. The van der Waals surface area contributed by atoms with Crippen LogP contribution in [0.2, 0.25) is 0 Å². The van der Waals surface area contributed by atoms with Crippen LogP contribution in [-0.2, 0) is 12.8 Å². The van der Waals surface area contributed by atoms with E-state index in [9.17, 15) is 4.79 Å². The second kappa shape index (κ2) is 7.12. The van der Waals surface area contributed by atoms with Gasteiger partial charge in [0.2, 0.25) is 0 Å². The molecule has 1 aromatic heterocycles. The monoisotopic (exact) mass is 330 g/mol. The van der Waals surface area contributed by atoms with Gasteiger partial charge in [-0.05, 0) is 43.6 Å². The van der Waals surface area contributed by atoms with E-state index in [-0.39, 0.29) is 23.9 Å². The summed E-state index contributed by atoms with van der Waals surface area (Å²) in [5, 5.41) is 5.17. The maximum absolute atomic E-state index is 12.6. The van der Waals surface area contributed by atoms with Gasteiger partial charge in [-0.3, -0.25) is 4.79 Å².